The van der Waals surface area contributed by atoms with E-state index in [2.05, 4.69) is 70.6 Å². The highest BCUT2D eigenvalue weighted by molar-refractivity contribution is 5.47. The number of rotatable bonds is 5. The summed E-state index contributed by atoms with van der Waals surface area (Å²) >= 11 is 0. The van der Waals surface area contributed by atoms with E-state index in [1.54, 1.807) is 0 Å². The predicted molar refractivity (Wildman–Crippen MR) is 111 cm³/mol. The summed E-state index contributed by atoms with van der Waals surface area (Å²) in [5.41, 5.74) is 3.69. The maximum Gasteiger partial charge on any atom is 0.290 e. The van der Waals surface area contributed by atoms with Crippen LogP contribution < -0.4 is 4.90 Å². The zero-order valence-electron chi connectivity index (χ0n) is 16.1. The highest BCUT2D eigenvalue weighted by Crippen LogP contribution is 2.23. The van der Waals surface area contributed by atoms with Gasteiger partial charge in [-0.15, -0.1) is 0 Å². The topological polar surface area (TPSA) is 61.6 Å². The van der Waals surface area contributed by atoms with E-state index < -0.39 is 0 Å². The minimum Gasteiger partial charge on any atom is -0.483 e. The Morgan fingerprint density at radius 1 is 1.11 bits per heavy atom. The number of carbonyl (C=O) groups is 1. The molecule has 6 nitrogen and oxygen atoms in total. The van der Waals surface area contributed by atoms with E-state index in [0.717, 1.165) is 25.3 Å². The van der Waals surface area contributed by atoms with Gasteiger partial charge >= 0.3 is 0 Å². The molecule has 2 aromatic carbocycles. The summed E-state index contributed by atoms with van der Waals surface area (Å²) in [4.78, 5) is 13.3. The minimum atomic E-state index is -0.250. The number of hydrogen-bond donors (Lipinski definition) is 1. The molecule has 0 saturated carbocycles. The van der Waals surface area contributed by atoms with Crippen molar-refractivity contribution in [3.05, 3.63) is 78.6 Å². The quantitative estimate of drug-likeness (QED) is 0.691. The van der Waals surface area contributed by atoms with E-state index in [-0.39, 0.29) is 6.47 Å². The first-order valence-corrected chi connectivity index (χ1v) is 9.38. The fraction of sp³-hybridized carbons (Fsp3) is 0.273. The summed E-state index contributed by atoms with van der Waals surface area (Å²) in [6, 6.07) is 21.6. The summed E-state index contributed by atoms with van der Waals surface area (Å²) in [6.45, 7) is 2.90. The molecule has 1 aliphatic heterocycles. The zero-order valence-corrected chi connectivity index (χ0v) is 16.1. The van der Waals surface area contributed by atoms with Gasteiger partial charge in [0.2, 0.25) is 0 Å². The smallest absolute Gasteiger partial charge is 0.290 e. The van der Waals surface area contributed by atoms with Gasteiger partial charge in [0.1, 0.15) is 0 Å². The van der Waals surface area contributed by atoms with Crippen LogP contribution in [0.15, 0.2) is 73.1 Å². The van der Waals surface area contributed by atoms with Gasteiger partial charge in [-0.3, -0.25) is 9.69 Å². The second kappa shape index (κ2) is 9.71. The highest BCUT2D eigenvalue weighted by atomic mass is 16.3. The monoisotopic (exact) mass is 378 g/mol. The molecule has 0 amide bonds. The summed E-state index contributed by atoms with van der Waals surface area (Å²) in [5.74, 6) is 0. The molecule has 28 heavy (non-hydrogen) atoms. The lowest BCUT2D eigenvalue weighted by Crippen LogP contribution is -2.34. The van der Waals surface area contributed by atoms with Crippen LogP contribution in [0.2, 0.25) is 0 Å². The fourth-order valence-corrected chi connectivity index (χ4v) is 3.56. The van der Waals surface area contributed by atoms with Crippen molar-refractivity contribution in [3.63, 3.8) is 0 Å². The lowest BCUT2D eigenvalue weighted by molar-refractivity contribution is -0.122. The summed E-state index contributed by atoms with van der Waals surface area (Å²) in [6.07, 6.45) is 5.32. The molecule has 0 bridgehead atoms. The van der Waals surface area contributed by atoms with E-state index in [0.29, 0.717) is 6.04 Å². The molecule has 6 heteroatoms. The van der Waals surface area contributed by atoms with Gasteiger partial charge in [0.25, 0.3) is 6.47 Å². The van der Waals surface area contributed by atoms with E-state index in [1.807, 2.05) is 29.1 Å². The molecular formula is C22H26N4O2. The standard InChI is InChI=1S/C21H24N4.CH2O2/c1-23(21-12-13-24(17-21)19-8-4-2-5-9-19)15-18-14-22-25(16-18)20-10-6-3-7-11-20;2-1-3/h2-11,14,16,21H,12-13,15,17H2,1H3;1H,(H,2,3). The third-order valence-corrected chi connectivity index (χ3v) is 5.00. The van der Waals surface area contributed by atoms with E-state index in [4.69, 9.17) is 9.90 Å². The zero-order chi connectivity index (χ0) is 19.8. The molecular weight excluding hydrogens is 352 g/mol. The third kappa shape index (κ3) is 4.98. The Labute approximate surface area is 165 Å². The molecule has 1 atom stereocenters. The minimum absolute atomic E-state index is 0.250. The Morgan fingerprint density at radius 2 is 1.71 bits per heavy atom. The first kappa shape index (κ1) is 19.6. The Bertz CT molecular complexity index is 851. The van der Waals surface area contributed by atoms with Crippen LogP contribution in [0.5, 0.6) is 0 Å². The first-order valence-electron chi connectivity index (χ1n) is 9.38. The van der Waals surface area contributed by atoms with Gasteiger partial charge in [-0.05, 0) is 37.7 Å². The SMILES string of the molecule is CN(Cc1cnn(-c2ccccc2)c1)C1CCN(c2ccccc2)C1.O=CO. The molecule has 1 fully saturated rings. The average Bonchev–Trinajstić information content (AvgIpc) is 3.40. The van der Waals surface area contributed by atoms with Gasteiger partial charge in [-0.1, -0.05) is 36.4 Å². The molecule has 0 radical (unpaired) electrons. The molecule has 146 valence electrons. The molecule has 1 N–H and O–H groups in total. The van der Waals surface area contributed by atoms with Crippen molar-refractivity contribution < 1.29 is 9.90 Å². The van der Waals surface area contributed by atoms with Crippen molar-refractivity contribution in [2.75, 3.05) is 25.0 Å². The molecule has 1 saturated heterocycles. The van der Waals surface area contributed by atoms with Crippen molar-refractivity contribution in [1.29, 1.82) is 0 Å². The number of hydrogen-bond acceptors (Lipinski definition) is 4. The Kier molecular flexibility index (Phi) is 6.81. The molecule has 3 aromatic rings. The van der Waals surface area contributed by atoms with E-state index in [9.17, 15) is 0 Å². The predicted octanol–water partition coefficient (Wildman–Crippen LogP) is 3.28. The van der Waals surface area contributed by atoms with Crippen molar-refractivity contribution in [2.45, 2.75) is 19.0 Å². The molecule has 4 rings (SSSR count). The molecule has 0 aliphatic carbocycles. The van der Waals surface area contributed by atoms with Crippen LogP contribution in [0.4, 0.5) is 5.69 Å². The van der Waals surface area contributed by atoms with Gasteiger partial charge in [0.15, 0.2) is 0 Å². The van der Waals surface area contributed by atoms with Crippen LogP contribution in [0, 0.1) is 0 Å². The van der Waals surface area contributed by atoms with Gasteiger partial charge in [-0.25, -0.2) is 4.68 Å². The van der Waals surface area contributed by atoms with E-state index in [1.165, 1.54) is 17.7 Å². The van der Waals surface area contributed by atoms with Gasteiger partial charge in [-0.2, -0.15) is 5.10 Å². The van der Waals surface area contributed by atoms with Crippen LogP contribution >= 0.6 is 0 Å². The van der Waals surface area contributed by atoms with Crippen LogP contribution in [0.1, 0.15) is 12.0 Å². The van der Waals surface area contributed by atoms with E-state index >= 15 is 0 Å². The van der Waals surface area contributed by atoms with Gasteiger partial charge in [0, 0.05) is 43.1 Å². The largest absolute Gasteiger partial charge is 0.483 e. The summed E-state index contributed by atoms with van der Waals surface area (Å²) in [5, 5.41) is 11.4. The number of para-hydroxylation sites is 2. The lowest BCUT2D eigenvalue weighted by Gasteiger charge is -2.24. The number of anilines is 1. The van der Waals surface area contributed by atoms with Crippen molar-refractivity contribution >= 4 is 12.2 Å². The van der Waals surface area contributed by atoms with Gasteiger partial charge < -0.3 is 10.0 Å². The van der Waals surface area contributed by atoms with Crippen molar-refractivity contribution in [3.8, 4) is 5.69 Å². The molecule has 2 heterocycles. The lowest BCUT2D eigenvalue weighted by atomic mass is 10.2. The second-order valence-electron chi connectivity index (χ2n) is 6.87. The molecule has 1 aliphatic rings. The molecule has 0 spiro atoms. The first-order chi connectivity index (χ1) is 13.7. The van der Waals surface area contributed by atoms with Crippen LogP contribution in [-0.2, 0) is 11.3 Å². The summed E-state index contributed by atoms with van der Waals surface area (Å²) < 4.78 is 1.95. The number of likely N-dealkylation sites (N-methyl/N-ethyl adjacent to an activating group) is 1. The van der Waals surface area contributed by atoms with Crippen molar-refractivity contribution in [1.82, 2.24) is 14.7 Å². The normalized spacial score (nSPS) is 15.9. The van der Waals surface area contributed by atoms with Crippen LogP contribution in [0.3, 0.4) is 0 Å². The number of benzene rings is 2. The Balaban J connectivity index is 0.000000706. The second-order valence-corrected chi connectivity index (χ2v) is 6.87. The number of carboxylic acid groups (broad SMARTS) is 1. The fourth-order valence-electron chi connectivity index (χ4n) is 3.56. The van der Waals surface area contributed by atoms with Crippen LogP contribution in [0.25, 0.3) is 5.69 Å². The average molecular weight is 378 g/mol. The molecule has 1 unspecified atom stereocenters. The number of aromatic nitrogens is 2. The Morgan fingerprint density at radius 3 is 2.36 bits per heavy atom. The Hall–Kier alpha value is -3.12. The maximum atomic E-state index is 8.36. The van der Waals surface area contributed by atoms with Crippen molar-refractivity contribution in [2.24, 2.45) is 0 Å². The highest BCUT2D eigenvalue weighted by Gasteiger charge is 2.26. The number of nitrogens with zero attached hydrogens (tertiary/aromatic N) is 4. The maximum absolute atomic E-state index is 8.36. The third-order valence-electron chi connectivity index (χ3n) is 5.00. The molecule has 1 aromatic heterocycles. The summed E-state index contributed by atoms with van der Waals surface area (Å²) in [7, 11) is 2.22. The van der Waals surface area contributed by atoms with Crippen LogP contribution in [-0.4, -0.2) is 52.4 Å². The van der Waals surface area contributed by atoms with Gasteiger partial charge in [0.05, 0.1) is 11.9 Å².